The number of rotatable bonds is 8. The maximum absolute atomic E-state index is 13.4. The summed E-state index contributed by atoms with van der Waals surface area (Å²) in [5.74, 6) is -2.53. The van der Waals surface area contributed by atoms with Crippen molar-refractivity contribution in [3.05, 3.63) is 47.3 Å². The molecule has 0 amide bonds. The molecule has 1 unspecified atom stereocenters. The molecule has 1 atom stereocenters. The van der Waals surface area contributed by atoms with Gasteiger partial charge in [0, 0.05) is 26.1 Å². The van der Waals surface area contributed by atoms with Crippen LogP contribution in [-0.2, 0) is 17.9 Å². The molecule has 1 aliphatic rings. The highest BCUT2D eigenvalue weighted by Gasteiger charge is 2.58. The zero-order chi connectivity index (χ0) is 16.3. The van der Waals surface area contributed by atoms with Gasteiger partial charge in [0.2, 0.25) is 0 Å². The summed E-state index contributed by atoms with van der Waals surface area (Å²) in [6.45, 7) is 8.87. The Morgan fingerprint density at radius 3 is 2.68 bits per heavy atom. The molecular weight excluding hydrogens is 286 g/mol. The van der Waals surface area contributed by atoms with Crippen molar-refractivity contribution in [2.24, 2.45) is 0 Å². The minimum atomic E-state index is -2.56. The van der Waals surface area contributed by atoms with E-state index < -0.39 is 11.8 Å². The van der Waals surface area contributed by atoms with Crippen molar-refractivity contribution in [2.75, 3.05) is 7.11 Å². The first kappa shape index (κ1) is 16.7. The van der Waals surface area contributed by atoms with Gasteiger partial charge in [0.25, 0.3) is 5.92 Å². The van der Waals surface area contributed by atoms with Crippen LogP contribution in [0.3, 0.4) is 0 Å². The van der Waals surface area contributed by atoms with Gasteiger partial charge in [-0.05, 0) is 30.5 Å². The van der Waals surface area contributed by atoms with E-state index in [9.17, 15) is 8.78 Å². The highest BCUT2D eigenvalue weighted by molar-refractivity contribution is 5.39. The second-order valence-corrected chi connectivity index (χ2v) is 6.12. The van der Waals surface area contributed by atoms with Gasteiger partial charge in [-0.3, -0.25) is 0 Å². The van der Waals surface area contributed by atoms with Gasteiger partial charge in [0.15, 0.2) is 0 Å². The predicted octanol–water partition coefficient (Wildman–Crippen LogP) is 3.51. The number of hydrogen-bond acceptors (Lipinski definition) is 3. The second-order valence-electron chi connectivity index (χ2n) is 6.12. The average Bonchev–Trinajstić information content (AvgIpc) is 3.05. The van der Waals surface area contributed by atoms with Crippen LogP contribution in [0.1, 0.15) is 42.9 Å². The fourth-order valence-electron chi connectivity index (χ4n) is 2.56. The predicted molar refractivity (Wildman–Crippen MR) is 83.7 cm³/mol. The van der Waals surface area contributed by atoms with Crippen LogP contribution in [0.15, 0.2) is 30.6 Å². The summed E-state index contributed by atoms with van der Waals surface area (Å²) in [5.41, 5.74) is 2.58. The van der Waals surface area contributed by atoms with Crippen molar-refractivity contribution in [2.45, 2.75) is 51.3 Å². The Bertz CT molecular complexity index is 543. The van der Waals surface area contributed by atoms with Crippen LogP contribution in [0.25, 0.3) is 0 Å². The molecule has 0 aromatic heterocycles. The fourth-order valence-corrected chi connectivity index (χ4v) is 2.56. The van der Waals surface area contributed by atoms with E-state index >= 15 is 0 Å². The van der Waals surface area contributed by atoms with Crippen LogP contribution in [0.5, 0.6) is 0 Å². The summed E-state index contributed by atoms with van der Waals surface area (Å²) in [4.78, 5) is 0. The summed E-state index contributed by atoms with van der Waals surface area (Å²) in [7, 11) is 1.62. The number of alkyl halides is 2. The molecule has 0 saturated heterocycles. The van der Waals surface area contributed by atoms with E-state index in [1.165, 1.54) is 0 Å². The van der Waals surface area contributed by atoms with E-state index in [1.54, 1.807) is 13.2 Å². The van der Waals surface area contributed by atoms with E-state index in [2.05, 4.69) is 17.2 Å². The molecular formula is C17H24F2N2O. The van der Waals surface area contributed by atoms with Gasteiger partial charge >= 0.3 is 0 Å². The van der Waals surface area contributed by atoms with Crippen molar-refractivity contribution in [1.29, 1.82) is 0 Å². The molecule has 0 spiro atoms. The monoisotopic (exact) mass is 310 g/mol. The standard InChI is InChI=1S/C17H24F2N2O/c1-11(2)21-12(3)20-9-14-7-13(10-22-4)5-6-15(14)16-8-17(16,18)19/h5-7,11,16,20-21H,3,8-10H2,1-2,4H3. The van der Waals surface area contributed by atoms with Gasteiger partial charge in [-0.15, -0.1) is 0 Å². The Morgan fingerprint density at radius 1 is 1.45 bits per heavy atom. The highest BCUT2D eigenvalue weighted by atomic mass is 19.3. The Hall–Kier alpha value is -1.62. The number of benzene rings is 1. The lowest BCUT2D eigenvalue weighted by molar-refractivity contribution is 0.112. The van der Waals surface area contributed by atoms with Crippen LogP contribution in [0.2, 0.25) is 0 Å². The highest BCUT2D eigenvalue weighted by Crippen LogP contribution is 2.56. The van der Waals surface area contributed by atoms with Crippen LogP contribution >= 0.6 is 0 Å². The molecule has 122 valence electrons. The van der Waals surface area contributed by atoms with Gasteiger partial charge in [-0.2, -0.15) is 0 Å². The molecule has 1 aromatic rings. The van der Waals surface area contributed by atoms with Gasteiger partial charge in [-0.25, -0.2) is 8.78 Å². The van der Waals surface area contributed by atoms with Crippen LogP contribution in [0.4, 0.5) is 8.78 Å². The maximum Gasteiger partial charge on any atom is 0.255 e. The molecule has 0 radical (unpaired) electrons. The maximum atomic E-state index is 13.4. The number of hydrogen-bond donors (Lipinski definition) is 2. The Balaban J connectivity index is 2.12. The van der Waals surface area contributed by atoms with Crippen molar-refractivity contribution in [1.82, 2.24) is 10.6 Å². The lowest BCUT2D eigenvalue weighted by Crippen LogP contribution is -2.30. The Morgan fingerprint density at radius 2 is 2.14 bits per heavy atom. The van der Waals surface area contributed by atoms with E-state index in [4.69, 9.17) is 4.74 Å². The second kappa shape index (κ2) is 6.65. The van der Waals surface area contributed by atoms with Gasteiger partial charge in [0.1, 0.15) is 0 Å². The quantitative estimate of drug-likeness (QED) is 0.771. The molecule has 1 aromatic carbocycles. The third-order valence-corrected chi connectivity index (χ3v) is 3.67. The van der Waals surface area contributed by atoms with Crippen molar-refractivity contribution in [3.8, 4) is 0 Å². The van der Waals surface area contributed by atoms with Crippen LogP contribution < -0.4 is 10.6 Å². The zero-order valence-electron chi connectivity index (χ0n) is 13.4. The summed E-state index contributed by atoms with van der Waals surface area (Å²) in [5, 5.41) is 6.31. The van der Waals surface area contributed by atoms with E-state index in [-0.39, 0.29) is 12.5 Å². The third kappa shape index (κ3) is 4.19. The smallest absolute Gasteiger partial charge is 0.255 e. The normalized spacial score (nSPS) is 19.1. The number of nitrogens with one attached hydrogen (secondary N) is 2. The third-order valence-electron chi connectivity index (χ3n) is 3.67. The molecule has 1 aliphatic carbocycles. The van der Waals surface area contributed by atoms with E-state index in [0.29, 0.717) is 19.0 Å². The molecule has 1 saturated carbocycles. The zero-order valence-corrected chi connectivity index (χ0v) is 13.4. The van der Waals surface area contributed by atoms with Gasteiger partial charge in [-0.1, -0.05) is 24.8 Å². The molecule has 0 aliphatic heterocycles. The van der Waals surface area contributed by atoms with Crippen molar-refractivity contribution in [3.63, 3.8) is 0 Å². The van der Waals surface area contributed by atoms with Crippen molar-refractivity contribution < 1.29 is 13.5 Å². The largest absolute Gasteiger partial charge is 0.380 e. The topological polar surface area (TPSA) is 33.3 Å². The first-order valence-corrected chi connectivity index (χ1v) is 7.51. The van der Waals surface area contributed by atoms with E-state index in [1.807, 2.05) is 26.0 Å². The number of ether oxygens (including phenoxy) is 1. The molecule has 3 nitrogen and oxygen atoms in total. The molecule has 5 heteroatoms. The summed E-state index contributed by atoms with van der Waals surface area (Å²) >= 11 is 0. The lowest BCUT2D eigenvalue weighted by atomic mass is 10.00. The lowest BCUT2D eigenvalue weighted by Gasteiger charge is -2.17. The number of halogens is 2. The summed E-state index contributed by atoms with van der Waals surface area (Å²) < 4.78 is 31.9. The Labute approximate surface area is 130 Å². The molecule has 2 rings (SSSR count). The molecule has 2 N–H and O–H groups in total. The van der Waals surface area contributed by atoms with Crippen LogP contribution in [0, 0.1) is 0 Å². The van der Waals surface area contributed by atoms with Crippen LogP contribution in [-0.4, -0.2) is 19.1 Å². The number of methoxy groups -OCH3 is 1. The molecule has 22 heavy (non-hydrogen) atoms. The fraction of sp³-hybridized carbons (Fsp3) is 0.529. The average molecular weight is 310 g/mol. The summed E-state index contributed by atoms with van der Waals surface area (Å²) in [6, 6.07) is 5.86. The van der Waals surface area contributed by atoms with Gasteiger partial charge < -0.3 is 15.4 Å². The SMILES string of the molecule is C=C(NCc1cc(COC)ccc1C1CC1(F)F)NC(C)C. The Kier molecular flexibility index (Phi) is 5.06. The molecule has 0 bridgehead atoms. The minimum absolute atomic E-state index is 0.0607. The van der Waals surface area contributed by atoms with E-state index in [0.717, 1.165) is 16.7 Å². The first-order valence-electron chi connectivity index (χ1n) is 7.51. The minimum Gasteiger partial charge on any atom is -0.380 e. The molecule has 1 fully saturated rings. The molecule has 0 heterocycles. The van der Waals surface area contributed by atoms with Crippen molar-refractivity contribution >= 4 is 0 Å². The summed E-state index contributed by atoms with van der Waals surface area (Å²) in [6.07, 6.45) is -0.0607. The first-order chi connectivity index (χ1) is 10.3. The van der Waals surface area contributed by atoms with Gasteiger partial charge in [0.05, 0.1) is 18.3 Å².